The molecule has 0 bridgehead atoms. The minimum absolute atomic E-state index is 0.0765. The van der Waals surface area contributed by atoms with Crippen molar-refractivity contribution in [1.29, 1.82) is 0 Å². The van der Waals surface area contributed by atoms with E-state index in [1.54, 1.807) is 19.1 Å². The Morgan fingerprint density at radius 1 is 1.16 bits per heavy atom. The lowest BCUT2D eigenvalue weighted by Crippen LogP contribution is -2.63. The maximum Gasteiger partial charge on any atom is 0.339 e. The molecule has 2 aromatic rings. The van der Waals surface area contributed by atoms with Crippen molar-refractivity contribution in [3.05, 3.63) is 36.4 Å². The number of carbonyl (C=O) groups excluding carboxylic acids is 3. The molecule has 0 heterocycles. The van der Waals surface area contributed by atoms with E-state index in [1.165, 1.54) is 0 Å². The molecule has 1 unspecified atom stereocenters. The number of hydroxylamine groups is 2. The van der Waals surface area contributed by atoms with Gasteiger partial charge in [0.1, 0.15) is 11.3 Å². The second-order valence-corrected chi connectivity index (χ2v) is 9.18. The normalized spacial score (nSPS) is 14.8. The molecule has 3 N–H and O–H groups in total. The van der Waals surface area contributed by atoms with Gasteiger partial charge in [0.25, 0.3) is 5.91 Å². The topological polar surface area (TPSA) is 98.5 Å². The maximum atomic E-state index is 12.8. The Hall–Kier alpha value is -2.77. The van der Waals surface area contributed by atoms with Crippen molar-refractivity contribution in [2.75, 3.05) is 5.32 Å². The molecular weight excluding hydrogens is 394 g/mol. The van der Waals surface area contributed by atoms with Crippen molar-refractivity contribution in [2.24, 2.45) is 11.7 Å². The molecule has 2 atom stereocenters. The van der Waals surface area contributed by atoms with Gasteiger partial charge < -0.3 is 11.1 Å². The molecule has 0 aromatic heterocycles. The average Bonchev–Trinajstić information content (AvgIpc) is 2.68. The molecule has 0 saturated carbocycles. The number of rotatable bonds is 9. The molecule has 168 valence electrons. The lowest BCUT2D eigenvalue weighted by Gasteiger charge is -2.40. The second-order valence-electron chi connectivity index (χ2n) is 9.18. The highest BCUT2D eigenvalue weighted by Gasteiger charge is 2.50. The van der Waals surface area contributed by atoms with E-state index in [1.807, 2.05) is 58.9 Å². The Labute approximate surface area is 184 Å². The van der Waals surface area contributed by atoms with Gasteiger partial charge in [-0.05, 0) is 43.5 Å². The quantitative estimate of drug-likeness (QED) is 0.354. The number of nitrogens with two attached hydrogens (primary N) is 1. The number of carbonyl (C=O) groups is 3. The minimum atomic E-state index is -0.977. The summed E-state index contributed by atoms with van der Waals surface area (Å²) in [5, 5.41) is 4.61. The number of hydrogen-bond acceptors (Lipinski definition) is 4. The van der Waals surface area contributed by atoms with Gasteiger partial charge in [-0.1, -0.05) is 49.7 Å². The van der Waals surface area contributed by atoms with Crippen LogP contribution >= 0.6 is 0 Å². The van der Waals surface area contributed by atoms with Crippen LogP contribution in [0.5, 0.6) is 0 Å². The lowest BCUT2D eigenvalue weighted by atomic mass is 9.99. The molecule has 0 aliphatic heterocycles. The number of fused-ring (bicyclic) bond motifs is 1. The van der Waals surface area contributed by atoms with Crippen molar-refractivity contribution in [3.63, 3.8) is 0 Å². The molecule has 2 aromatic carbocycles. The summed E-state index contributed by atoms with van der Waals surface area (Å²) in [6.07, 6.45) is 1.20. The Morgan fingerprint density at radius 2 is 1.74 bits per heavy atom. The molecule has 0 fully saturated rings. The van der Waals surface area contributed by atoms with E-state index >= 15 is 0 Å². The number of benzene rings is 2. The number of anilines is 1. The van der Waals surface area contributed by atoms with Crippen LogP contribution in [0.2, 0.25) is 0 Å². The molecule has 0 aliphatic carbocycles. The first-order valence-corrected chi connectivity index (χ1v) is 10.6. The first kappa shape index (κ1) is 24.5. The van der Waals surface area contributed by atoms with Gasteiger partial charge in [-0.3, -0.25) is 9.59 Å². The standard InChI is InChI=1S/C24H33N3O4/c1-7-22(29)26-19-13-17-10-8-9-11-18(17)14-20(19)27(15-28,31-24(4,5)6)21(23(25)30)12-16(2)3/h8-11,13-16,21H,7,12H2,1-6H3,(H2-,25,26,29,30)/p+1/t21-,27?/m0/s1. The van der Waals surface area contributed by atoms with Gasteiger partial charge in [0, 0.05) is 18.9 Å². The molecule has 31 heavy (non-hydrogen) atoms. The number of primary amides is 1. The highest BCUT2D eigenvalue weighted by Crippen LogP contribution is 2.40. The summed E-state index contributed by atoms with van der Waals surface area (Å²) < 4.78 is -0.763. The summed E-state index contributed by atoms with van der Waals surface area (Å²) in [6, 6.07) is 10.2. The molecule has 0 spiro atoms. The largest absolute Gasteiger partial charge is 0.364 e. The highest BCUT2D eigenvalue weighted by molar-refractivity contribution is 6.01. The van der Waals surface area contributed by atoms with Crippen LogP contribution in [0, 0.1) is 5.92 Å². The Balaban J connectivity index is 2.90. The van der Waals surface area contributed by atoms with E-state index in [0.29, 0.717) is 24.2 Å². The number of nitrogens with one attached hydrogen (secondary N) is 1. The molecule has 0 aliphatic rings. The number of hydrogen-bond donors (Lipinski definition) is 2. The first-order valence-electron chi connectivity index (χ1n) is 10.6. The SMILES string of the molecule is CCC(=O)Nc1cc2ccccc2cc1[N+](C=O)(OC(C)(C)C)[C@@H](CC(C)C)C(N)=O. The van der Waals surface area contributed by atoms with E-state index < -0.39 is 22.2 Å². The van der Waals surface area contributed by atoms with E-state index in [0.717, 1.165) is 10.8 Å². The van der Waals surface area contributed by atoms with Crippen LogP contribution in [0.25, 0.3) is 10.8 Å². The smallest absolute Gasteiger partial charge is 0.339 e. The van der Waals surface area contributed by atoms with Gasteiger partial charge in [0.2, 0.25) is 11.9 Å². The summed E-state index contributed by atoms with van der Waals surface area (Å²) in [4.78, 5) is 44.1. The number of quaternary nitrogens is 1. The van der Waals surface area contributed by atoms with Gasteiger partial charge >= 0.3 is 6.41 Å². The van der Waals surface area contributed by atoms with Gasteiger partial charge in [0.05, 0.1) is 0 Å². The van der Waals surface area contributed by atoms with Crippen LogP contribution in [-0.4, -0.2) is 29.9 Å². The molecule has 0 saturated heterocycles. The summed E-state index contributed by atoms with van der Waals surface area (Å²) in [7, 11) is 0. The second kappa shape index (κ2) is 9.58. The molecule has 3 amide bonds. The highest BCUT2D eigenvalue weighted by atomic mass is 16.7. The number of nitrogens with zero attached hydrogens (tertiary/aromatic N) is 1. The van der Waals surface area contributed by atoms with Crippen LogP contribution in [-0.2, 0) is 19.2 Å². The summed E-state index contributed by atoms with van der Waals surface area (Å²) in [6.45, 7) is 11.1. The van der Waals surface area contributed by atoms with Crippen LogP contribution in [0.4, 0.5) is 11.4 Å². The third-order valence-electron chi connectivity index (χ3n) is 4.90. The third kappa shape index (κ3) is 5.68. The zero-order valence-electron chi connectivity index (χ0n) is 19.3. The van der Waals surface area contributed by atoms with E-state index in [2.05, 4.69) is 5.32 Å². The van der Waals surface area contributed by atoms with Crippen molar-refractivity contribution in [1.82, 2.24) is 4.65 Å². The van der Waals surface area contributed by atoms with Crippen molar-refractivity contribution < 1.29 is 19.2 Å². The monoisotopic (exact) mass is 428 g/mol. The van der Waals surface area contributed by atoms with Crippen molar-refractivity contribution >= 4 is 40.4 Å². The maximum absolute atomic E-state index is 12.8. The Bertz CT molecular complexity index is 965. The predicted octanol–water partition coefficient (Wildman–Crippen LogP) is 4.28. The summed E-state index contributed by atoms with van der Waals surface area (Å²) in [5.74, 6) is -0.783. The predicted molar refractivity (Wildman–Crippen MR) is 124 cm³/mol. The van der Waals surface area contributed by atoms with Gasteiger partial charge in [-0.15, -0.1) is 0 Å². The zero-order valence-corrected chi connectivity index (χ0v) is 19.3. The van der Waals surface area contributed by atoms with Gasteiger partial charge in [0.15, 0.2) is 5.69 Å². The summed E-state index contributed by atoms with van der Waals surface area (Å²) >= 11 is 0. The van der Waals surface area contributed by atoms with Gasteiger partial charge in [-0.25, -0.2) is 4.79 Å². The lowest BCUT2D eigenvalue weighted by molar-refractivity contribution is -0.224. The van der Waals surface area contributed by atoms with E-state index in [-0.39, 0.29) is 18.2 Å². The van der Waals surface area contributed by atoms with Crippen LogP contribution in [0.3, 0.4) is 0 Å². The Kier molecular flexibility index (Phi) is 7.57. The van der Waals surface area contributed by atoms with Crippen LogP contribution in [0.15, 0.2) is 36.4 Å². The molecule has 7 heteroatoms. The number of amides is 3. The third-order valence-corrected chi connectivity index (χ3v) is 4.90. The molecular formula is C24H34N3O4+. The van der Waals surface area contributed by atoms with Crippen LogP contribution in [0.1, 0.15) is 54.4 Å². The molecule has 0 radical (unpaired) electrons. The van der Waals surface area contributed by atoms with E-state index in [9.17, 15) is 14.4 Å². The fraction of sp³-hybridized carbons (Fsp3) is 0.458. The molecule has 7 nitrogen and oxygen atoms in total. The van der Waals surface area contributed by atoms with Crippen LogP contribution < -0.4 is 15.7 Å². The van der Waals surface area contributed by atoms with E-state index in [4.69, 9.17) is 10.6 Å². The average molecular weight is 429 g/mol. The van der Waals surface area contributed by atoms with Crippen molar-refractivity contribution in [2.45, 2.75) is 66.0 Å². The van der Waals surface area contributed by atoms with Crippen molar-refractivity contribution in [3.8, 4) is 0 Å². The summed E-state index contributed by atoms with van der Waals surface area (Å²) in [5.41, 5.74) is 5.81. The fourth-order valence-corrected chi connectivity index (χ4v) is 3.65. The zero-order chi connectivity index (χ0) is 23.4. The van der Waals surface area contributed by atoms with Gasteiger partial charge in [-0.2, -0.15) is 4.84 Å². The first-order chi connectivity index (χ1) is 14.4. The fourth-order valence-electron chi connectivity index (χ4n) is 3.65. The minimum Gasteiger partial charge on any atom is -0.364 e. The molecule has 2 rings (SSSR count). The Morgan fingerprint density at radius 3 is 2.19 bits per heavy atom.